The standard InChI is InChI=1S/C9H13N.C3H7O4S.Na/c1-3-10-9-6-4-5-8(2)7-9;1-3(4)2-8(5,6)7;/h4-7,10H,3H2,1-2H3;3-4H,1-2H2,(H,5,6,7);/q;-1;+1. The van der Waals surface area contributed by atoms with Crippen molar-refractivity contribution in [2.24, 2.45) is 0 Å². The van der Waals surface area contributed by atoms with Crippen LogP contribution >= 0.6 is 0 Å². The molecule has 0 aliphatic heterocycles. The van der Waals surface area contributed by atoms with E-state index in [-0.39, 0.29) is 29.6 Å². The number of aliphatic hydroxyl groups is 1. The van der Waals surface area contributed by atoms with Crippen LogP contribution in [0.5, 0.6) is 0 Å². The first-order chi connectivity index (χ1) is 8.24. The van der Waals surface area contributed by atoms with Crippen LogP contribution < -0.4 is 34.9 Å². The van der Waals surface area contributed by atoms with Gasteiger partial charge in [0.2, 0.25) is 0 Å². The summed E-state index contributed by atoms with van der Waals surface area (Å²) in [5, 5.41) is 11.5. The molecule has 0 saturated heterocycles. The Balaban J connectivity index is 0. The number of hydrogen-bond donors (Lipinski definition) is 3. The number of aliphatic hydroxyl groups excluding tert-OH is 1. The van der Waals surface area contributed by atoms with Crippen LogP contribution in [-0.4, -0.2) is 36.5 Å². The monoisotopic (exact) mass is 297 g/mol. The number of rotatable bonds is 4. The van der Waals surface area contributed by atoms with Crippen molar-refractivity contribution in [1.29, 1.82) is 0 Å². The van der Waals surface area contributed by atoms with Crippen molar-refractivity contribution in [2.45, 2.75) is 20.0 Å². The number of nitrogens with one attached hydrogen (secondary N) is 1. The molecule has 0 aliphatic carbocycles. The predicted molar refractivity (Wildman–Crippen MR) is 73.1 cm³/mol. The Morgan fingerprint density at radius 3 is 2.32 bits per heavy atom. The van der Waals surface area contributed by atoms with Crippen LogP contribution in [0.25, 0.3) is 0 Å². The molecule has 0 fully saturated rings. The average molecular weight is 297 g/mol. The molecule has 0 saturated carbocycles. The summed E-state index contributed by atoms with van der Waals surface area (Å²) in [6, 6.07) is 8.38. The Hall–Kier alpha value is -0.110. The molecule has 5 nitrogen and oxygen atoms in total. The van der Waals surface area contributed by atoms with Gasteiger partial charge in [-0.05, 0) is 31.5 Å². The molecule has 7 heteroatoms. The molecular weight excluding hydrogens is 277 g/mol. The number of aryl methyl sites for hydroxylation is 1. The summed E-state index contributed by atoms with van der Waals surface area (Å²) in [6.07, 6.45) is -1.25. The van der Waals surface area contributed by atoms with Gasteiger partial charge in [-0.15, -0.1) is 0 Å². The van der Waals surface area contributed by atoms with Gasteiger partial charge in [-0.1, -0.05) is 18.2 Å². The number of hydrogen-bond acceptors (Lipinski definition) is 4. The zero-order valence-electron chi connectivity index (χ0n) is 11.6. The van der Waals surface area contributed by atoms with Crippen LogP contribution in [0.3, 0.4) is 0 Å². The van der Waals surface area contributed by atoms with Crippen LogP contribution in [-0.2, 0) is 10.1 Å². The van der Waals surface area contributed by atoms with E-state index in [1.165, 1.54) is 11.3 Å². The van der Waals surface area contributed by atoms with Gasteiger partial charge >= 0.3 is 29.6 Å². The molecule has 0 amide bonds. The van der Waals surface area contributed by atoms with Crippen LogP contribution in [0.4, 0.5) is 5.69 Å². The van der Waals surface area contributed by atoms with E-state index >= 15 is 0 Å². The fourth-order valence-corrected chi connectivity index (χ4v) is 1.69. The van der Waals surface area contributed by atoms with E-state index in [1.54, 1.807) is 0 Å². The molecule has 1 aromatic rings. The van der Waals surface area contributed by atoms with Gasteiger partial charge in [0.05, 0.1) is 5.75 Å². The van der Waals surface area contributed by atoms with Gasteiger partial charge in [-0.2, -0.15) is 8.42 Å². The largest absolute Gasteiger partial charge is 1.00 e. The zero-order chi connectivity index (χ0) is 14.2. The molecule has 0 heterocycles. The summed E-state index contributed by atoms with van der Waals surface area (Å²) < 4.78 is 27.6. The third kappa shape index (κ3) is 14.1. The van der Waals surface area contributed by atoms with E-state index in [0.717, 1.165) is 6.54 Å². The third-order valence-corrected chi connectivity index (χ3v) is 2.61. The topological polar surface area (TPSA) is 86.6 Å². The molecular formula is C12H20NNaO4S. The van der Waals surface area contributed by atoms with E-state index in [9.17, 15) is 8.42 Å². The van der Waals surface area contributed by atoms with E-state index < -0.39 is 22.0 Å². The Kier molecular flexibility index (Phi) is 11.9. The van der Waals surface area contributed by atoms with Crippen molar-refractivity contribution in [3.63, 3.8) is 0 Å². The summed E-state index contributed by atoms with van der Waals surface area (Å²) in [6.45, 7) is 8.13. The Bertz CT molecular complexity index is 449. The second kappa shape index (κ2) is 10.7. The molecule has 1 rings (SSSR count). The molecule has 0 spiro atoms. The summed E-state index contributed by atoms with van der Waals surface area (Å²) in [7, 11) is -4.04. The number of anilines is 1. The maximum Gasteiger partial charge on any atom is 1.00 e. The smallest absolute Gasteiger partial charge is 0.424 e. The summed E-state index contributed by atoms with van der Waals surface area (Å²) >= 11 is 0. The molecule has 3 N–H and O–H groups in total. The van der Waals surface area contributed by atoms with Crippen molar-refractivity contribution < 1.29 is 47.6 Å². The Morgan fingerprint density at radius 1 is 1.42 bits per heavy atom. The van der Waals surface area contributed by atoms with Crippen molar-refractivity contribution in [3.05, 3.63) is 36.8 Å². The van der Waals surface area contributed by atoms with Gasteiger partial charge in [-0.3, -0.25) is 4.55 Å². The second-order valence-corrected chi connectivity index (χ2v) is 5.30. The summed E-state index contributed by atoms with van der Waals surface area (Å²) in [5.41, 5.74) is 2.51. The second-order valence-electron chi connectivity index (χ2n) is 3.80. The average Bonchev–Trinajstić information content (AvgIpc) is 2.14. The molecule has 1 aromatic carbocycles. The summed E-state index contributed by atoms with van der Waals surface area (Å²) in [4.78, 5) is 0. The molecule has 0 aliphatic rings. The minimum absolute atomic E-state index is 0. The zero-order valence-corrected chi connectivity index (χ0v) is 14.4. The normalized spacial score (nSPS) is 11.6. The van der Waals surface area contributed by atoms with Gasteiger partial charge in [0.1, 0.15) is 0 Å². The van der Waals surface area contributed by atoms with Crippen LogP contribution in [0.1, 0.15) is 12.5 Å². The van der Waals surface area contributed by atoms with E-state index in [1.807, 2.05) is 0 Å². The SMILES string of the molecule is CCNc1cccc(C)c1.[CH2-]C(O)CS(=O)(=O)O.[Na+]. The fraction of sp³-hybridized carbons (Fsp3) is 0.417. The quantitative estimate of drug-likeness (QED) is 0.358. The van der Waals surface area contributed by atoms with Gasteiger partial charge in [0.25, 0.3) is 10.1 Å². The number of benzene rings is 1. The maximum atomic E-state index is 9.80. The molecule has 104 valence electrons. The Morgan fingerprint density at radius 2 is 2.00 bits per heavy atom. The van der Waals surface area contributed by atoms with Crippen molar-refractivity contribution in [2.75, 3.05) is 17.6 Å². The first kappa shape index (κ1) is 21.2. The van der Waals surface area contributed by atoms with Gasteiger partial charge in [-0.25, -0.2) is 0 Å². The van der Waals surface area contributed by atoms with E-state index in [4.69, 9.17) is 9.66 Å². The van der Waals surface area contributed by atoms with Crippen molar-refractivity contribution in [1.82, 2.24) is 0 Å². The van der Waals surface area contributed by atoms with E-state index in [0.29, 0.717) is 0 Å². The van der Waals surface area contributed by atoms with Gasteiger partial charge in [0, 0.05) is 12.2 Å². The van der Waals surface area contributed by atoms with E-state index in [2.05, 4.69) is 50.4 Å². The molecule has 1 unspecified atom stereocenters. The molecule has 0 aromatic heterocycles. The molecule has 1 atom stereocenters. The van der Waals surface area contributed by atoms with Crippen LogP contribution in [0.15, 0.2) is 24.3 Å². The minimum atomic E-state index is -4.04. The predicted octanol–water partition coefficient (Wildman–Crippen LogP) is -1.50. The summed E-state index contributed by atoms with van der Waals surface area (Å²) in [5.74, 6) is -0.701. The molecule has 19 heavy (non-hydrogen) atoms. The van der Waals surface area contributed by atoms with Gasteiger partial charge in [0.15, 0.2) is 0 Å². The third-order valence-electron chi connectivity index (χ3n) is 1.80. The first-order valence-corrected chi connectivity index (χ1v) is 7.12. The minimum Gasteiger partial charge on any atom is -0.424 e. The maximum absolute atomic E-state index is 9.80. The van der Waals surface area contributed by atoms with Crippen LogP contribution in [0.2, 0.25) is 0 Å². The molecule has 0 radical (unpaired) electrons. The first-order valence-electron chi connectivity index (χ1n) is 5.51. The van der Waals surface area contributed by atoms with Gasteiger partial charge < -0.3 is 17.3 Å². The molecule has 0 bridgehead atoms. The van der Waals surface area contributed by atoms with Crippen molar-refractivity contribution >= 4 is 15.8 Å². The fourth-order valence-electron chi connectivity index (χ4n) is 1.20. The van der Waals surface area contributed by atoms with Crippen molar-refractivity contribution in [3.8, 4) is 0 Å². The van der Waals surface area contributed by atoms with Crippen LogP contribution in [0, 0.1) is 13.8 Å². The Labute approximate surface area is 137 Å².